The number of hydrogen-bond donors (Lipinski definition) is 11. The van der Waals surface area contributed by atoms with Gasteiger partial charge in [0, 0.05) is 6.42 Å². The third kappa shape index (κ3) is 17.8. The molecule has 8 amide bonds. The van der Waals surface area contributed by atoms with E-state index in [1.54, 1.807) is 27.7 Å². The molecule has 0 aromatic carbocycles. The molecular weight excluding hydrogens is 694 g/mol. The Bertz CT molecular complexity index is 1270. The van der Waals surface area contributed by atoms with Crippen molar-refractivity contribution in [1.82, 2.24) is 31.9 Å². The maximum atomic E-state index is 13.5. The minimum atomic E-state index is -1.73. The highest BCUT2D eigenvalue weighted by Crippen LogP contribution is 2.10. The average Bonchev–Trinajstić information content (AvgIpc) is 3.02. The molecule has 51 heavy (non-hydrogen) atoms. The number of carbonyl (C=O) groups excluding carboxylic acids is 8. The van der Waals surface area contributed by atoms with Crippen molar-refractivity contribution >= 4 is 65.0 Å². The Balaban J connectivity index is 6.07. The van der Waals surface area contributed by atoms with E-state index in [0.717, 1.165) is 6.92 Å². The molecular formula is C30H53N9O11S. The third-order valence-electron chi connectivity index (χ3n) is 7.29. The van der Waals surface area contributed by atoms with Crippen molar-refractivity contribution in [3.8, 4) is 0 Å². The number of aliphatic carboxylic acids is 1. The first-order valence-corrected chi connectivity index (χ1v) is 17.5. The van der Waals surface area contributed by atoms with Crippen LogP contribution < -0.4 is 49.1 Å². The zero-order valence-corrected chi connectivity index (χ0v) is 30.5. The van der Waals surface area contributed by atoms with Gasteiger partial charge >= 0.3 is 5.97 Å². The fraction of sp³-hybridized carbons (Fsp3) is 0.700. The number of primary amides is 2. The number of amides is 8. The van der Waals surface area contributed by atoms with Crippen molar-refractivity contribution < 1.29 is 53.4 Å². The number of nitrogens with two attached hydrogens (primary N) is 3. The molecule has 0 saturated heterocycles. The highest BCUT2D eigenvalue weighted by molar-refractivity contribution is 7.98. The first kappa shape index (κ1) is 46.5. The predicted molar refractivity (Wildman–Crippen MR) is 185 cm³/mol. The summed E-state index contributed by atoms with van der Waals surface area (Å²) in [5.41, 5.74) is 16.3. The summed E-state index contributed by atoms with van der Waals surface area (Å²) < 4.78 is 0. The van der Waals surface area contributed by atoms with Gasteiger partial charge in [-0.15, -0.1) is 0 Å². The number of carbonyl (C=O) groups is 9. The second-order valence-corrected chi connectivity index (χ2v) is 13.5. The molecule has 0 radical (unpaired) electrons. The number of rotatable bonds is 24. The van der Waals surface area contributed by atoms with Gasteiger partial charge < -0.3 is 59.3 Å². The van der Waals surface area contributed by atoms with E-state index in [9.17, 15) is 48.3 Å². The Morgan fingerprint density at radius 3 is 1.53 bits per heavy atom. The monoisotopic (exact) mass is 747 g/mol. The molecule has 21 heteroatoms. The smallest absolute Gasteiger partial charge is 0.322 e. The number of carboxylic acid groups (broad SMARTS) is 1. The molecule has 0 aliphatic carbocycles. The minimum absolute atomic E-state index is 0.375. The summed E-state index contributed by atoms with van der Waals surface area (Å²) in [6.45, 7) is 6.87. The van der Waals surface area contributed by atoms with Crippen LogP contribution in [0, 0.1) is 11.8 Å². The SMILES string of the molecule is CSCC[C@H](N)C(=O)N[C@H](C(=O)N[C@H](C(=O)N[C@H](C(=O)N[C@@H](CCC(N)=O)C(=O)N[C@@H](CC(N)=O)C(=O)NCC(=O)O)[C@@H](C)O)C(C)C)C(C)C. The van der Waals surface area contributed by atoms with Crippen molar-refractivity contribution in [1.29, 1.82) is 0 Å². The number of nitrogens with one attached hydrogen (secondary N) is 6. The molecule has 0 spiro atoms. The maximum Gasteiger partial charge on any atom is 0.322 e. The molecule has 14 N–H and O–H groups in total. The van der Waals surface area contributed by atoms with E-state index in [4.69, 9.17) is 22.3 Å². The summed E-state index contributed by atoms with van der Waals surface area (Å²) in [4.78, 5) is 112. The first-order chi connectivity index (χ1) is 23.6. The van der Waals surface area contributed by atoms with Crippen LogP contribution in [0.5, 0.6) is 0 Å². The molecule has 0 saturated carbocycles. The van der Waals surface area contributed by atoms with Gasteiger partial charge in [0.05, 0.1) is 18.6 Å². The maximum absolute atomic E-state index is 13.5. The van der Waals surface area contributed by atoms with E-state index >= 15 is 0 Å². The number of carboxylic acids is 1. The van der Waals surface area contributed by atoms with E-state index < -0.39 is 133 Å². The van der Waals surface area contributed by atoms with Crippen LogP contribution >= 0.6 is 11.8 Å². The predicted octanol–water partition coefficient (Wildman–Crippen LogP) is -4.47. The van der Waals surface area contributed by atoms with Crippen LogP contribution in [-0.4, -0.2) is 124 Å². The Morgan fingerprint density at radius 1 is 0.627 bits per heavy atom. The summed E-state index contributed by atoms with van der Waals surface area (Å²) in [5.74, 6) is -9.16. The van der Waals surface area contributed by atoms with Gasteiger partial charge in [0.2, 0.25) is 47.3 Å². The summed E-state index contributed by atoms with van der Waals surface area (Å²) in [6, 6.07) is -8.23. The summed E-state index contributed by atoms with van der Waals surface area (Å²) in [5, 5.41) is 33.2. The third-order valence-corrected chi connectivity index (χ3v) is 7.93. The Hall–Kier alpha value is -4.50. The molecule has 0 fully saturated rings. The molecule has 0 rings (SSSR count). The molecule has 0 heterocycles. The normalized spacial score (nSPS) is 15.2. The molecule has 0 aromatic heterocycles. The fourth-order valence-corrected chi connectivity index (χ4v) is 4.87. The number of aliphatic hydroxyl groups is 1. The van der Waals surface area contributed by atoms with E-state index in [-0.39, 0.29) is 0 Å². The lowest BCUT2D eigenvalue weighted by Gasteiger charge is -2.30. The standard InChI is InChI=1S/C30H53N9O11S/c1-13(2)22(37-25(45)16(31)9-10-51-6)28(48)38-23(14(3)4)29(49)39-24(15(5)40)30(50)35-17(7-8-19(32)41)27(47)36-18(11-20(33)42)26(46)34-12-21(43)44/h13-18,22-24,40H,7-12,31H2,1-6H3,(H2,32,41)(H2,33,42)(H,34,46)(H,35,50)(H,36,47)(H,37,45)(H,38,48)(H,39,49)(H,43,44)/t15-,16+,17+,18+,22+,23+,24+/m1/s1. The lowest BCUT2D eigenvalue weighted by Crippen LogP contribution is -2.62. The highest BCUT2D eigenvalue weighted by atomic mass is 32.2. The van der Waals surface area contributed by atoms with Gasteiger partial charge in [-0.1, -0.05) is 27.7 Å². The largest absolute Gasteiger partial charge is 0.480 e. The summed E-state index contributed by atoms with van der Waals surface area (Å²) >= 11 is 1.50. The van der Waals surface area contributed by atoms with Crippen molar-refractivity contribution in [2.24, 2.45) is 29.0 Å². The molecule has 0 aliphatic rings. The lowest BCUT2D eigenvalue weighted by atomic mass is 9.98. The minimum Gasteiger partial charge on any atom is -0.480 e. The zero-order chi connectivity index (χ0) is 39.6. The van der Waals surface area contributed by atoms with Gasteiger partial charge in [-0.05, 0) is 43.6 Å². The topological polar surface area (TPSA) is 344 Å². The Kier molecular flexibility index (Phi) is 21.0. The van der Waals surface area contributed by atoms with Crippen molar-refractivity contribution in [2.45, 2.75) is 103 Å². The van der Waals surface area contributed by atoms with Crippen LogP contribution in [0.4, 0.5) is 0 Å². The van der Waals surface area contributed by atoms with Crippen LogP contribution in [0.15, 0.2) is 0 Å². The zero-order valence-electron chi connectivity index (χ0n) is 29.6. The van der Waals surface area contributed by atoms with Gasteiger partial charge in [0.15, 0.2) is 0 Å². The second-order valence-electron chi connectivity index (χ2n) is 12.5. The van der Waals surface area contributed by atoms with Gasteiger partial charge in [-0.2, -0.15) is 11.8 Å². The van der Waals surface area contributed by atoms with E-state index in [1.165, 1.54) is 11.8 Å². The van der Waals surface area contributed by atoms with Gasteiger partial charge in [0.25, 0.3) is 0 Å². The second kappa shape index (κ2) is 23.1. The lowest BCUT2D eigenvalue weighted by molar-refractivity contribution is -0.139. The molecule has 0 aromatic rings. The van der Waals surface area contributed by atoms with Crippen LogP contribution in [0.25, 0.3) is 0 Å². The van der Waals surface area contributed by atoms with E-state index in [1.807, 2.05) is 11.6 Å². The van der Waals surface area contributed by atoms with Crippen molar-refractivity contribution in [3.63, 3.8) is 0 Å². The summed E-state index contributed by atoms with van der Waals surface area (Å²) in [6.07, 6.45) is -0.979. The van der Waals surface area contributed by atoms with Crippen LogP contribution in [0.2, 0.25) is 0 Å². The van der Waals surface area contributed by atoms with Gasteiger partial charge in [0.1, 0.15) is 36.8 Å². The van der Waals surface area contributed by atoms with Gasteiger partial charge in [-0.25, -0.2) is 0 Å². The van der Waals surface area contributed by atoms with Gasteiger partial charge in [-0.3, -0.25) is 43.2 Å². The van der Waals surface area contributed by atoms with E-state index in [2.05, 4.69) is 26.6 Å². The van der Waals surface area contributed by atoms with E-state index in [0.29, 0.717) is 12.2 Å². The molecule has 7 atom stereocenters. The molecule has 0 aliphatic heterocycles. The number of thioether (sulfide) groups is 1. The summed E-state index contributed by atoms with van der Waals surface area (Å²) in [7, 11) is 0. The van der Waals surface area contributed by atoms with Crippen LogP contribution in [-0.2, 0) is 43.2 Å². The van der Waals surface area contributed by atoms with Crippen LogP contribution in [0.3, 0.4) is 0 Å². The Labute approximate surface area is 300 Å². The quantitative estimate of drug-likeness (QED) is 0.0444. The van der Waals surface area contributed by atoms with Crippen molar-refractivity contribution in [3.05, 3.63) is 0 Å². The molecule has 290 valence electrons. The van der Waals surface area contributed by atoms with Crippen LogP contribution in [0.1, 0.15) is 60.3 Å². The highest BCUT2D eigenvalue weighted by Gasteiger charge is 2.36. The Morgan fingerprint density at radius 2 is 1.10 bits per heavy atom. The molecule has 0 bridgehead atoms. The first-order valence-electron chi connectivity index (χ1n) is 16.1. The molecule has 20 nitrogen and oxygen atoms in total. The average molecular weight is 748 g/mol. The molecule has 0 unspecified atom stereocenters. The fourth-order valence-electron chi connectivity index (χ4n) is 4.38. The van der Waals surface area contributed by atoms with Crippen molar-refractivity contribution in [2.75, 3.05) is 18.6 Å². The number of hydrogen-bond acceptors (Lipinski definition) is 12. The number of aliphatic hydroxyl groups excluding tert-OH is 1.